The second-order valence-corrected chi connectivity index (χ2v) is 7.67. The first-order chi connectivity index (χ1) is 11.9. The Labute approximate surface area is 149 Å². The number of fused-ring (bicyclic) bond motifs is 2. The summed E-state index contributed by atoms with van der Waals surface area (Å²) in [7, 11) is 0. The van der Waals surface area contributed by atoms with Crippen molar-refractivity contribution in [2.75, 3.05) is 0 Å². The van der Waals surface area contributed by atoms with Crippen molar-refractivity contribution in [3.8, 4) is 0 Å². The maximum atomic E-state index is 6.32. The largest absolute Gasteiger partial charge is 0.368 e. The van der Waals surface area contributed by atoms with E-state index in [1.807, 2.05) is 13.8 Å². The molecule has 2 saturated heterocycles. The smallest absolute Gasteiger partial charge is 0.190 e. The van der Waals surface area contributed by atoms with Gasteiger partial charge in [-0.1, -0.05) is 43.3 Å². The van der Waals surface area contributed by atoms with Crippen LogP contribution in [0.3, 0.4) is 0 Å². The zero-order chi connectivity index (χ0) is 17.7. The Hall–Kier alpha value is -1.46. The summed E-state index contributed by atoms with van der Waals surface area (Å²) < 4.78 is 24.4. The fourth-order valence-electron chi connectivity index (χ4n) is 3.80. The van der Waals surface area contributed by atoms with Crippen LogP contribution in [0.25, 0.3) is 10.8 Å². The van der Waals surface area contributed by atoms with Crippen LogP contribution in [0.4, 0.5) is 0 Å². The molecular weight excluding hydrogens is 316 g/mol. The van der Waals surface area contributed by atoms with Crippen molar-refractivity contribution in [1.29, 1.82) is 0 Å². The molecule has 0 saturated carbocycles. The van der Waals surface area contributed by atoms with Crippen LogP contribution >= 0.6 is 0 Å². The standard InChI is InChI=1S/C21H26O4/c1-5-21(4)18(17-19(25-21)24-20(2,3)23-17)22-13-14-10-11-15-8-6-7-9-16(15)12-14/h6-12,17-19H,5,13H2,1-4H3/t17-,18+,19+,21+/m1/s1. The minimum absolute atomic E-state index is 0.157. The van der Waals surface area contributed by atoms with Gasteiger partial charge in [-0.25, -0.2) is 0 Å². The topological polar surface area (TPSA) is 36.9 Å². The summed E-state index contributed by atoms with van der Waals surface area (Å²) >= 11 is 0. The van der Waals surface area contributed by atoms with E-state index in [0.29, 0.717) is 6.61 Å². The molecule has 2 aliphatic rings. The van der Waals surface area contributed by atoms with Gasteiger partial charge in [-0.2, -0.15) is 0 Å². The fraction of sp³-hybridized carbons (Fsp3) is 0.524. The van der Waals surface area contributed by atoms with Gasteiger partial charge in [0.25, 0.3) is 0 Å². The summed E-state index contributed by atoms with van der Waals surface area (Å²) in [6.45, 7) is 8.55. The number of hydrogen-bond donors (Lipinski definition) is 0. The molecule has 0 N–H and O–H groups in total. The van der Waals surface area contributed by atoms with E-state index in [1.54, 1.807) is 0 Å². The zero-order valence-electron chi connectivity index (χ0n) is 15.3. The van der Waals surface area contributed by atoms with Gasteiger partial charge < -0.3 is 18.9 Å². The first-order valence-electron chi connectivity index (χ1n) is 9.03. The minimum atomic E-state index is -0.630. The first kappa shape index (κ1) is 17.0. The second kappa shape index (κ2) is 6.06. The van der Waals surface area contributed by atoms with E-state index in [2.05, 4.69) is 56.3 Å². The van der Waals surface area contributed by atoms with Crippen LogP contribution < -0.4 is 0 Å². The summed E-state index contributed by atoms with van der Waals surface area (Å²) in [5.41, 5.74) is 0.752. The minimum Gasteiger partial charge on any atom is -0.368 e. The highest BCUT2D eigenvalue weighted by molar-refractivity contribution is 5.82. The zero-order valence-corrected chi connectivity index (χ0v) is 15.3. The van der Waals surface area contributed by atoms with Crippen molar-refractivity contribution < 1.29 is 18.9 Å². The predicted molar refractivity (Wildman–Crippen MR) is 96.1 cm³/mol. The lowest BCUT2D eigenvalue weighted by Gasteiger charge is -2.33. The molecule has 134 valence electrons. The van der Waals surface area contributed by atoms with Crippen molar-refractivity contribution in [3.05, 3.63) is 48.0 Å². The molecule has 0 bridgehead atoms. The van der Waals surface area contributed by atoms with E-state index in [4.69, 9.17) is 18.9 Å². The van der Waals surface area contributed by atoms with E-state index < -0.39 is 11.4 Å². The Kier molecular flexibility index (Phi) is 4.12. The quantitative estimate of drug-likeness (QED) is 0.825. The van der Waals surface area contributed by atoms with Gasteiger partial charge in [-0.05, 0) is 49.6 Å². The van der Waals surface area contributed by atoms with Gasteiger partial charge in [0.05, 0.1) is 12.2 Å². The van der Waals surface area contributed by atoms with Crippen LogP contribution in [0.5, 0.6) is 0 Å². The van der Waals surface area contributed by atoms with Crippen molar-refractivity contribution in [2.24, 2.45) is 0 Å². The van der Waals surface area contributed by atoms with E-state index in [1.165, 1.54) is 10.8 Å². The summed E-state index contributed by atoms with van der Waals surface area (Å²) in [5.74, 6) is -0.630. The van der Waals surface area contributed by atoms with Gasteiger partial charge in [0.15, 0.2) is 12.1 Å². The Morgan fingerprint density at radius 3 is 2.48 bits per heavy atom. The van der Waals surface area contributed by atoms with Gasteiger partial charge in [-0.3, -0.25) is 0 Å². The third-order valence-corrected chi connectivity index (χ3v) is 5.32. The van der Waals surface area contributed by atoms with Crippen LogP contribution in [0.1, 0.15) is 39.7 Å². The number of rotatable bonds is 4. The maximum Gasteiger partial charge on any atom is 0.190 e. The lowest BCUT2D eigenvalue weighted by Crippen LogP contribution is -2.44. The third-order valence-electron chi connectivity index (χ3n) is 5.32. The molecule has 4 rings (SSSR count). The lowest BCUT2D eigenvalue weighted by atomic mass is 9.94. The Balaban J connectivity index is 1.53. The van der Waals surface area contributed by atoms with Gasteiger partial charge >= 0.3 is 0 Å². The lowest BCUT2D eigenvalue weighted by molar-refractivity contribution is -0.241. The Morgan fingerprint density at radius 2 is 1.72 bits per heavy atom. The molecule has 0 aliphatic carbocycles. The van der Waals surface area contributed by atoms with E-state index in [-0.39, 0.29) is 18.5 Å². The van der Waals surface area contributed by atoms with Crippen LogP contribution in [-0.4, -0.2) is 29.9 Å². The molecule has 2 fully saturated rings. The highest BCUT2D eigenvalue weighted by atomic mass is 16.8. The van der Waals surface area contributed by atoms with Gasteiger partial charge in [0.2, 0.25) is 0 Å². The van der Waals surface area contributed by atoms with E-state index >= 15 is 0 Å². The maximum absolute atomic E-state index is 6.32. The average molecular weight is 342 g/mol. The summed E-state index contributed by atoms with van der Waals surface area (Å²) in [6, 6.07) is 14.8. The van der Waals surface area contributed by atoms with Crippen LogP contribution in [-0.2, 0) is 25.6 Å². The Bertz CT molecular complexity index is 771. The number of ether oxygens (including phenoxy) is 4. The molecular formula is C21H26O4. The molecule has 0 radical (unpaired) electrons. The highest BCUT2D eigenvalue weighted by Gasteiger charge is 2.59. The number of benzene rings is 2. The van der Waals surface area contributed by atoms with Crippen molar-refractivity contribution >= 4 is 10.8 Å². The highest BCUT2D eigenvalue weighted by Crippen LogP contribution is 2.45. The molecule has 2 heterocycles. The van der Waals surface area contributed by atoms with Crippen LogP contribution in [0.15, 0.2) is 42.5 Å². The van der Waals surface area contributed by atoms with Crippen molar-refractivity contribution in [3.63, 3.8) is 0 Å². The molecule has 4 atom stereocenters. The molecule has 25 heavy (non-hydrogen) atoms. The molecule has 2 aliphatic heterocycles. The molecule has 2 aromatic carbocycles. The number of hydrogen-bond acceptors (Lipinski definition) is 4. The van der Waals surface area contributed by atoms with Gasteiger partial charge in [-0.15, -0.1) is 0 Å². The molecule has 4 heteroatoms. The van der Waals surface area contributed by atoms with Crippen molar-refractivity contribution in [2.45, 2.75) is 70.6 Å². The van der Waals surface area contributed by atoms with Crippen molar-refractivity contribution in [1.82, 2.24) is 0 Å². The summed E-state index contributed by atoms with van der Waals surface area (Å²) in [4.78, 5) is 0. The van der Waals surface area contributed by atoms with Gasteiger partial charge in [0.1, 0.15) is 12.2 Å². The normalized spacial score (nSPS) is 33.7. The third kappa shape index (κ3) is 3.08. The molecule has 0 amide bonds. The first-order valence-corrected chi connectivity index (χ1v) is 9.03. The summed E-state index contributed by atoms with van der Waals surface area (Å²) in [5, 5.41) is 2.46. The molecule has 0 aromatic heterocycles. The fourth-order valence-corrected chi connectivity index (χ4v) is 3.80. The average Bonchev–Trinajstić information content (AvgIpc) is 3.01. The molecule has 4 nitrogen and oxygen atoms in total. The molecule has 0 unspecified atom stereocenters. The van der Waals surface area contributed by atoms with E-state index in [9.17, 15) is 0 Å². The predicted octanol–water partition coefficient (Wildman–Crippen LogP) is 4.40. The van der Waals surface area contributed by atoms with E-state index in [0.717, 1.165) is 12.0 Å². The molecule has 2 aromatic rings. The SMILES string of the molecule is CC[C@]1(C)O[C@@H]2OC(C)(C)O[C@@H]2[C@@H]1OCc1ccc2ccccc2c1. The van der Waals surface area contributed by atoms with Gasteiger partial charge in [0, 0.05) is 0 Å². The second-order valence-electron chi connectivity index (χ2n) is 7.67. The van der Waals surface area contributed by atoms with Crippen LogP contribution in [0.2, 0.25) is 0 Å². The molecule has 0 spiro atoms. The summed E-state index contributed by atoms with van der Waals surface area (Å²) in [6.07, 6.45) is 0.132. The monoisotopic (exact) mass is 342 g/mol. The van der Waals surface area contributed by atoms with Crippen LogP contribution in [0, 0.1) is 0 Å². The Morgan fingerprint density at radius 1 is 0.960 bits per heavy atom.